The van der Waals surface area contributed by atoms with Gasteiger partial charge in [0.1, 0.15) is 0 Å². The molecule has 0 aromatic carbocycles. The van der Waals surface area contributed by atoms with E-state index in [-0.39, 0.29) is 0 Å². The first-order valence-electron chi connectivity index (χ1n) is 6.23. The molecule has 2 rings (SSSR count). The summed E-state index contributed by atoms with van der Waals surface area (Å²) in [6, 6.07) is 0.580. The Bertz CT molecular complexity index is 369. The molecule has 1 aromatic heterocycles. The molecular weight excluding hydrogens is 200 g/mol. The largest absolute Gasteiger partial charge is 0.394 e. The number of rotatable bonds is 2. The van der Waals surface area contributed by atoms with Gasteiger partial charge in [-0.3, -0.25) is 4.68 Å². The van der Waals surface area contributed by atoms with Crippen LogP contribution in [0, 0.1) is 0 Å². The molecule has 4 nitrogen and oxygen atoms in total. The predicted molar refractivity (Wildman–Crippen MR) is 67.7 cm³/mol. The third-order valence-electron chi connectivity index (χ3n) is 3.54. The Morgan fingerprint density at radius 3 is 2.75 bits per heavy atom. The number of nitrogen functional groups attached to an aromatic ring is 1. The molecule has 0 aliphatic carbocycles. The SMILES string of the molecule is CCc1nn(C)c(N2CCCCC2C)c1N. The Labute approximate surface area is 97.4 Å². The van der Waals surface area contributed by atoms with E-state index in [9.17, 15) is 0 Å². The maximum atomic E-state index is 6.18. The molecule has 0 spiro atoms. The summed E-state index contributed by atoms with van der Waals surface area (Å²) in [4.78, 5) is 2.41. The maximum absolute atomic E-state index is 6.18. The lowest BCUT2D eigenvalue weighted by molar-refractivity contribution is 0.474. The molecule has 1 unspecified atom stereocenters. The number of nitrogens with zero attached hydrogens (tertiary/aromatic N) is 3. The number of nitrogens with two attached hydrogens (primary N) is 1. The lowest BCUT2D eigenvalue weighted by atomic mass is 10.0. The van der Waals surface area contributed by atoms with E-state index in [0.29, 0.717) is 6.04 Å². The van der Waals surface area contributed by atoms with Crippen LogP contribution in [-0.4, -0.2) is 22.4 Å². The third-order valence-corrected chi connectivity index (χ3v) is 3.54. The van der Waals surface area contributed by atoms with Crippen molar-refractivity contribution in [3.05, 3.63) is 5.69 Å². The summed E-state index contributed by atoms with van der Waals surface area (Å²) in [7, 11) is 1.99. The van der Waals surface area contributed by atoms with Crippen LogP contribution in [0.5, 0.6) is 0 Å². The van der Waals surface area contributed by atoms with Gasteiger partial charge in [0.2, 0.25) is 0 Å². The van der Waals surface area contributed by atoms with Crippen molar-refractivity contribution in [2.24, 2.45) is 7.05 Å². The maximum Gasteiger partial charge on any atom is 0.150 e. The minimum absolute atomic E-state index is 0.580. The van der Waals surface area contributed by atoms with Crippen LogP contribution in [0.3, 0.4) is 0 Å². The van der Waals surface area contributed by atoms with Crippen LogP contribution in [-0.2, 0) is 13.5 Å². The molecule has 1 atom stereocenters. The lowest BCUT2D eigenvalue weighted by Gasteiger charge is -2.35. The second kappa shape index (κ2) is 4.36. The Morgan fingerprint density at radius 2 is 2.19 bits per heavy atom. The summed E-state index contributed by atoms with van der Waals surface area (Å²) in [5, 5.41) is 4.49. The molecule has 1 aliphatic heterocycles. The summed E-state index contributed by atoms with van der Waals surface area (Å²) in [6.07, 6.45) is 4.75. The van der Waals surface area contributed by atoms with Crippen molar-refractivity contribution < 1.29 is 0 Å². The average Bonchev–Trinajstić information content (AvgIpc) is 2.55. The van der Waals surface area contributed by atoms with E-state index in [1.54, 1.807) is 0 Å². The summed E-state index contributed by atoms with van der Waals surface area (Å²) in [5.41, 5.74) is 8.08. The first-order chi connectivity index (χ1) is 7.65. The quantitative estimate of drug-likeness (QED) is 0.832. The first-order valence-corrected chi connectivity index (χ1v) is 6.23. The van der Waals surface area contributed by atoms with E-state index in [1.807, 2.05) is 11.7 Å². The van der Waals surface area contributed by atoms with Gasteiger partial charge in [0.15, 0.2) is 5.82 Å². The number of anilines is 2. The van der Waals surface area contributed by atoms with Crippen molar-refractivity contribution in [2.45, 2.75) is 45.6 Å². The van der Waals surface area contributed by atoms with Crippen LogP contribution in [0.25, 0.3) is 0 Å². The molecule has 2 N–H and O–H groups in total. The topological polar surface area (TPSA) is 47.1 Å². The molecule has 0 bridgehead atoms. The molecule has 0 amide bonds. The fourth-order valence-electron chi connectivity index (χ4n) is 2.60. The van der Waals surface area contributed by atoms with Gasteiger partial charge in [-0.15, -0.1) is 0 Å². The average molecular weight is 222 g/mol. The number of hydrogen-bond acceptors (Lipinski definition) is 3. The summed E-state index contributed by atoms with van der Waals surface area (Å²) < 4.78 is 1.94. The van der Waals surface area contributed by atoms with Gasteiger partial charge >= 0.3 is 0 Å². The number of piperidine rings is 1. The molecule has 1 saturated heterocycles. The van der Waals surface area contributed by atoms with E-state index in [2.05, 4.69) is 23.8 Å². The predicted octanol–water partition coefficient (Wildman–Crippen LogP) is 1.94. The first kappa shape index (κ1) is 11.3. The van der Waals surface area contributed by atoms with Crippen molar-refractivity contribution in [3.63, 3.8) is 0 Å². The molecule has 16 heavy (non-hydrogen) atoms. The molecule has 90 valence electrons. The fourth-order valence-corrected chi connectivity index (χ4v) is 2.60. The van der Waals surface area contributed by atoms with Crippen molar-refractivity contribution >= 4 is 11.5 Å². The number of aryl methyl sites for hydroxylation is 2. The minimum Gasteiger partial charge on any atom is -0.394 e. The molecule has 0 radical (unpaired) electrons. The van der Waals surface area contributed by atoms with Gasteiger partial charge in [0.05, 0.1) is 11.4 Å². The molecular formula is C12H22N4. The van der Waals surface area contributed by atoms with Gasteiger partial charge in [0, 0.05) is 19.6 Å². The van der Waals surface area contributed by atoms with Gasteiger partial charge in [-0.1, -0.05) is 6.92 Å². The summed E-state index contributed by atoms with van der Waals surface area (Å²) in [6.45, 7) is 5.48. The number of hydrogen-bond donors (Lipinski definition) is 1. The molecule has 1 aromatic rings. The standard InChI is InChI=1S/C12H22N4/c1-4-10-11(13)12(15(3)14-10)16-8-6-5-7-9(16)2/h9H,4-8,13H2,1-3H3. The lowest BCUT2D eigenvalue weighted by Crippen LogP contribution is -2.39. The Morgan fingerprint density at radius 1 is 1.44 bits per heavy atom. The Hall–Kier alpha value is -1.19. The van der Waals surface area contributed by atoms with Crippen LogP contribution in [0.1, 0.15) is 38.8 Å². The van der Waals surface area contributed by atoms with E-state index in [1.165, 1.54) is 19.3 Å². The van der Waals surface area contributed by atoms with Crippen molar-refractivity contribution in [1.29, 1.82) is 0 Å². The van der Waals surface area contributed by atoms with Crippen LogP contribution >= 0.6 is 0 Å². The van der Waals surface area contributed by atoms with E-state index in [4.69, 9.17) is 5.73 Å². The Kier molecular flexibility index (Phi) is 3.08. The normalized spacial score (nSPS) is 21.4. The molecule has 1 fully saturated rings. The zero-order chi connectivity index (χ0) is 11.7. The van der Waals surface area contributed by atoms with E-state index in [0.717, 1.165) is 30.2 Å². The third kappa shape index (κ3) is 1.77. The van der Waals surface area contributed by atoms with E-state index < -0.39 is 0 Å². The van der Waals surface area contributed by atoms with Crippen LogP contribution in [0.15, 0.2) is 0 Å². The monoisotopic (exact) mass is 222 g/mol. The highest BCUT2D eigenvalue weighted by molar-refractivity contribution is 5.67. The summed E-state index contributed by atoms with van der Waals surface area (Å²) >= 11 is 0. The molecule has 4 heteroatoms. The highest BCUT2D eigenvalue weighted by Crippen LogP contribution is 2.31. The minimum atomic E-state index is 0.580. The zero-order valence-electron chi connectivity index (χ0n) is 10.5. The molecule has 1 aliphatic rings. The highest BCUT2D eigenvalue weighted by Gasteiger charge is 2.24. The van der Waals surface area contributed by atoms with Gasteiger partial charge in [-0.05, 0) is 32.6 Å². The van der Waals surface area contributed by atoms with Crippen molar-refractivity contribution in [3.8, 4) is 0 Å². The van der Waals surface area contributed by atoms with Gasteiger partial charge in [-0.2, -0.15) is 5.10 Å². The van der Waals surface area contributed by atoms with E-state index >= 15 is 0 Å². The zero-order valence-corrected chi connectivity index (χ0v) is 10.5. The van der Waals surface area contributed by atoms with Crippen LogP contribution < -0.4 is 10.6 Å². The Balaban J connectivity index is 2.34. The second-order valence-electron chi connectivity index (χ2n) is 4.70. The van der Waals surface area contributed by atoms with Gasteiger partial charge in [-0.25, -0.2) is 0 Å². The highest BCUT2D eigenvalue weighted by atomic mass is 15.4. The smallest absolute Gasteiger partial charge is 0.150 e. The van der Waals surface area contributed by atoms with Gasteiger partial charge in [0.25, 0.3) is 0 Å². The van der Waals surface area contributed by atoms with Gasteiger partial charge < -0.3 is 10.6 Å². The van der Waals surface area contributed by atoms with Crippen LogP contribution in [0.4, 0.5) is 11.5 Å². The molecule has 0 saturated carbocycles. The fraction of sp³-hybridized carbons (Fsp3) is 0.750. The number of aromatic nitrogens is 2. The second-order valence-corrected chi connectivity index (χ2v) is 4.70. The molecule has 2 heterocycles. The van der Waals surface area contributed by atoms with Crippen LogP contribution in [0.2, 0.25) is 0 Å². The summed E-state index contributed by atoms with van der Waals surface area (Å²) in [5.74, 6) is 1.11. The van der Waals surface area contributed by atoms with Crippen molar-refractivity contribution in [1.82, 2.24) is 9.78 Å². The van der Waals surface area contributed by atoms with Crippen molar-refractivity contribution in [2.75, 3.05) is 17.2 Å².